The maximum absolute atomic E-state index is 12.6. The molecule has 1 saturated carbocycles. The van der Waals surface area contributed by atoms with Gasteiger partial charge in [0.05, 0.1) is 6.54 Å². The van der Waals surface area contributed by atoms with Crippen molar-refractivity contribution in [3.05, 3.63) is 58.3 Å². The molecule has 0 aliphatic heterocycles. The first kappa shape index (κ1) is 13.4. The first-order valence-electron chi connectivity index (χ1n) is 7.15. The molecule has 1 heterocycles. The molecule has 2 nitrogen and oxygen atoms in total. The van der Waals surface area contributed by atoms with Gasteiger partial charge >= 0.3 is 0 Å². The monoisotopic (exact) mass is 285 g/mol. The third-order valence-electron chi connectivity index (χ3n) is 3.96. The van der Waals surface area contributed by atoms with Gasteiger partial charge in [-0.05, 0) is 36.3 Å². The number of carbonyl (C=O) groups is 1. The van der Waals surface area contributed by atoms with Crippen molar-refractivity contribution in [3.8, 4) is 0 Å². The number of hydrogen-bond acceptors (Lipinski definition) is 2. The van der Waals surface area contributed by atoms with E-state index in [-0.39, 0.29) is 5.92 Å². The van der Waals surface area contributed by atoms with Gasteiger partial charge in [0, 0.05) is 17.3 Å². The minimum atomic E-state index is 0.192. The summed E-state index contributed by atoms with van der Waals surface area (Å²) in [6, 6.07) is 14.5. The lowest BCUT2D eigenvalue weighted by molar-refractivity contribution is -0.133. The Hall–Kier alpha value is -1.61. The largest absolute Gasteiger partial charge is 0.338 e. The molecule has 1 amide bonds. The van der Waals surface area contributed by atoms with E-state index in [0.717, 1.165) is 19.5 Å². The average molecular weight is 285 g/mol. The molecule has 1 fully saturated rings. The lowest BCUT2D eigenvalue weighted by atomic mass is 10.1. The van der Waals surface area contributed by atoms with Crippen LogP contribution in [0.2, 0.25) is 0 Å². The summed E-state index contributed by atoms with van der Waals surface area (Å²) in [5, 5.41) is 2.07. The van der Waals surface area contributed by atoms with Gasteiger partial charge in [-0.15, -0.1) is 11.3 Å². The summed E-state index contributed by atoms with van der Waals surface area (Å²) < 4.78 is 0. The second-order valence-corrected chi connectivity index (χ2v) is 6.32. The number of benzene rings is 1. The first-order valence-corrected chi connectivity index (χ1v) is 8.03. The van der Waals surface area contributed by atoms with E-state index in [0.29, 0.717) is 11.8 Å². The molecule has 0 radical (unpaired) electrons. The normalized spacial score (nSPS) is 20.6. The summed E-state index contributed by atoms with van der Waals surface area (Å²) in [7, 11) is 0. The fraction of sp³-hybridized carbons (Fsp3) is 0.353. The molecule has 0 spiro atoms. The number of amides is 1. The molecule has 2 aromatic rings. The summed E-state index contributed by atoms with van der Waals surface area (Å²) >= 11 is 1.72. The predicted molar refractivity (Wildman–Crippen MR) is 82.7 cm³/mol. The maximum Gasteiger partial charge on any atom is 0.226 e. The van der Waals surface area contributed by atoms with E-state index < -0.39 is 0 Å². The average Bonchev–Trinajstić information content (AvgIpc) is 3.13. The van der Waals surface area contributed by atoms with E-state index in [1.54, 1.807) is 11.3 Å². The summed E-state index contributed by atoms with van der Waals surface area (Å²) in [5.74, 6) is 0.938. The predicted octanol–water partition coefficient (Wildman–Crippen LogP) is 3.90. The van der Waals surface area contributed by atoms with Crippen molar-refractivity contribution in [1.82, 2.24) is 4.90 Å². The maximum atomic E-state index is 12.6. The Kier molecular flexibility index (Phi) is 3.88. The fourth-order valence-electron chi connectivity index (χ4n) is 2.71. The first-order chi connectivity index (χ1) is 9.79. The van der Waals surface area contributed by atoms with Crippen molar-refractivity contribution >= 4 is 17.2 Å². The minimum Gasteiger partial charge on any atom is -0.338 e. The van der Waals surface area contributed by atoms with Crippen LogP contribution in [0.1, 0.15) is 29.7 Å². The highest BCUT2D eigenvalue weighted by molar-refractivity contribution is 7.09. The number of carbonyl (C=O) groups excluding carboxylic acids is 1. The molecule has 1 aliphatic carbocycles. The van der Waals surface area contributed by atoms with Crippen molar-refractivity contribution in [2.24, 2.45) is 5.92 Å². The van der Waals surface area contributed by atoms with Gasteiger partial charge in [-0.2, -0.15) is 0 Å². The van der Waals surface area contributed by atoms with Crippen molar-refractivity contribution in [2.75, 3.05) is 6.54 Å². The van der Waals surface area contributed by atoms with Crippen LogP contribution < -0.4 is 0 Å². The van der Waals surface area contributed by atoms with E-state index in [1.807, 2.05) is 17.0 Å². The van der Waals surface area contributed by atoms with E-state index in [4.69, 9.17) is 0 Å². The van der Waals surface area contributed by atoms with Crippen LogP contribution >= 0.6 is 11.3 Å². The molecule has 20 heavy (non-hydrogen) atoms. The number of hydrogen-bond donors (Lipinski definition) is 0. The molecule has 1 aromatic carbocycles. The molecule has 0 N–H and O–H groups in total. The van der Waals surface area contributed by atoms with Crippen molar-refractivity contribution in [1.29, 1.82) is 0 Å². The smallest absolute Gasteiger partial charge is 0.226 e. The molecular weight excluding hydrogens is 266 g/mol. The van der Waals surface area contributed by atoms with E-state index in [1.165, 1.54) is 10.4 Å². The molecule has 0 bridgehead atoms. The van der Waals surface area contributed by atoms with Gasteiger partial charge < -0.3 is 4.90 Å². The zero-order valence-electron chi connectivity index (χ0n) is 11.7. The van der Waals surface area contributed by atoms with Gasteiger partial charge in [0.1, 0.15) is 0 Å². The zero-order valence-corrected chi connectivity index (χ0v) is 12.5. The second kappa shape index (κ2) is 5.80. The van der Waals surface area contributed by atoms with Gasteiger partial charge in [-0.3, -0.25) is 4.79 Å². The summed E-state index contributed by atoms with van der Waals surface area (Å²) in [6.07, 6.45) is 1.00. The van der Waals surface area contributed by atoms with Crippen molar-refractivity contribution in [3.63, 3.8) is 0 Å². The van der Waals surface area contributed by atoms with E-state index >= 15 is 0 Å². The van der Waals surface area contributed by atoms with Crippen LogP contribution in [0, 0.1) is 5.92 Å². The van der Waals surface area contributed by atoms with Crippen LogP contribution in [-0.2, 0) is 11.3 Å². The van der Waals surface area contributed by atoms with Crippen molar-refractivity contribution in [2.45, 2.75) is 25.8 Å². The Labute approximate surface area is 124 Å². The van der Waals surface area contributed by atoms with Crippen LogP contribution in [0.3, 0.4) is 0 Å². The van der Waals surface area contributed by atoms with Crippen LogP contribution in [-0.4, -0.2) is 17.4 Å². The molecule has 2 atom stereocenters. The van der Waals surface area contributed by atoms with Gasteiger partial charge in [0.25, 0.3) is 0 Å². The Morgan fingerprint density at radius 2 is 2.05 bits per heavy atom. The van der Waals surface area contributed by atoms with Crippen LogP contribution in [0.5, 0.6) is 0 Å². The zero-order chi connectivity index (χ0) is 13.9. The Bertz CT molecular complexity index is 564. The number of thiophene rings is 1. The molecule has 1 unspecified atom stereocenters. The standard InChI is InChI=1S/C17H19NOS/c1-2-18(12-14-9-6-10-20-14)17(19)16-11-15(16)13-7-4-3-5-8-13/h3-10,15-16H,2,11-12H2,1H3/t15?,16-/m0/s1. The molecule has 3 heteroatoms. The molecule has 1 aliphatic rings. The molecule has 1 aromatic heterocycles. The lowest BCUT2D eigenvalue weighted by Crippen LogP contribution is -2.31. The number of nitrogens with zero attached hydrogens (tertiary/aromatic N) is 1. The Balaban J connectivity index is 1.64. The summed E-state index contributed by atoms with van der Waals surface area (Å²) in [5.41, 5.74) is 1.30. The highest BCUT2D eigenvalue weighted by Gasteiger charge is 2.45. The van der Waals surface area contributed by atoms with E-state index in [9.17, 15) is 4.79 Å². The summed E-state index contributed by atoms with van der Waals surface area (Å²) in [4.78, 5) is 15.8. The third kappa shape index (κ3) is 2.78. The Morgan fingerprint density at radius 3 is 2.70 bits per heavy atom. The molecule has 104 valence electrons. The molecular formula is C17H19NOS. The minimum absolute atomic E-state index is 0.192. The summed E-state index contributed by atoms with van der Waals surface area (Å²) in [6.45, 7) is 3.60. The lowest BCUT2D eigenvalue weighted by Gasteiger charge is -2.20. The third-order valence-corrected chi connectivity index (χ3v) is 4.82. The van der Waals surface area contributed by atoms with Crippen LogP contribution in [0.15, 0.2) is 47.8 Å². The fourth-order valence-corrected chi connectivity index (χ4v) is 3.43. The van der Waals surface area contributed by atoms with Gasteiger partial charge in [0.2, 0.25) is 5.91 Å². The van der Waals surface area contributed by atoms with Crippen LogP contribution in [0.4, 0.5) is 0 Å². The van der Waals surface area contributed by atoms with Gasteiger partial charge in [-0.1, -0.05) is 36.4 Å². The highest BCUT2D eigenvalue weighted by Crippen LogP contribution is 2.48. The quantitative estimate of drug-likeness (QED) is 0.816. The van der Waals surface area contributed by atoms with Gasteiger partial charge in [0.15, 0.2) is 0 Å². The second-order valence-electron chi connectivity index (χ2n) is 5.29. The van der Waals surface area contributed by atoms with Gasteiger partial charge in [-0.25, -0.2) is 0 Å². The molecule has 3 rings (SSSR count). The van der Waals surface area contributed by atoms with Crippen molar-refractivity contribution < 1.29 is 4.79 Å². The van der Waals surface area contributed by atoms with Crippen LogP contribution in [0.25, 0.3) is 0 Å². The SMILES string of the molecule is CCN(Cc1cccs1)C(=O)[C@H]1CC1c1ccccc1. The van der Waals surface area contributed by atoms with E-state index in [2.05, 4.69) is 42.6 Å². The Morgan fingerprint density at radius 1 is 1.25 bits per heavy atom. The molecule has 0 saturated heterocycles. The topological polar surface area (TPSA) is 20.3 Å². The highest BCUT2D eigenvalue weighted by atomic mass is 32.1. The number of rotatable bonds is 5.